The molecule has 0 unspecified atom stereocenters. The highest BCUT2D eigenvalue weighted by Gasteiger charge is 2.26. The van der Waals surface area contributed by atoms with E-state index >= 15 is 0 Å². The Hall–Kier alpha value is -2.52. The summed E-state index contributed by atoms with van der Waals surface area (Å²) in [7, 11) is 0. The molecule has 0 bridgehead atoms. The molecule has 0 fully saturated rings. The van der Waals surface area contributed by atoms with Crippen LogP contribution in [-0.4, -0.2) is 73.7 Å². The van der Waals surface area contributed by atoms with Crippen LogP contribution in [0.4, 0.5) is 19.2 Å². The van der Waals surface area contributed by atoms with Gasteiger partial charge >= 0.3 is 24.4 Å². The highest BCUT2D eigenvalue weighted by molar-refractivity contribution is 5.88. The molecule has 0 aliphatic carbocycles. The third kappa shape index (κ3) is 37.3. The standard InChI is InChI=1S/C50H96N2O8/c1-5-9-13-17-21-25-31-37-43-57-47(53)51(48(54)58-44-38-32-26-22-18-14-10-6-2)41-35-29-30-36-42-52(49(55)59-45-39-33-27-23-19-15-11-7-3)50(56)60-46-40-34-28-24-20-16-12-8-4/h5-46H2,1-4H3. The molecule has 0 aromatic heterocycles. The van der Waals surface area contributed by atoms with Gasteiger partial charge in [0.1, 0.15) is 0 Å². The van der Waals surface area contributed by atoms with Crippen molar-refractivity contribution < 1.29 is 38.1 Å². The lowest BCUT2D eigenvalue weighted by Crippen LogP contribution is -2.39. The van der Waals surface area contributed by atoms with Crippen molar-refractivity contribution in [1.82, 2.24) is 9.80 Å². The normalized spacial score (nSPS) is 11.1. The van der Waals surface area contributed by atoms with Gasteiger partial charge in [0.25, 0.3) is 0 Å². The third-order valence-electron chi connectivity index (χ3n) is 11.3. The number of hydrogen-bond donors (Lipinski definition) is 0. The Morgan fingerprint density at radius 3 is 0.617 bits per heavy atom. The number of unbranched alkanes of at least 4 members (excludes halogenated alkanes) is 31. The van der Waals surface area contributed by atoms with Gasteiger partial charge in [0.15, 0.2) is 0 Å². The van der Waals surface area contributed by atoms with E-state index in [4.69, 9.17) is 18.9 Å². The molecule has 10 nitrogen and oxygen atoms in total. The molecule has 0 aromatic rings. The number of ether oxygens (including phenoxy) is 4. The predicted octanol–water partition coefficient (Wildman–Crippen LogP) is 16.3. The summed E-state index contributed by atoms with van der Waals surface area (Å²) in [6.45, 7) is 10.4. The Balaban J connectivity index is 4.98. The molecule has 0 rings (SSSR count). The van der Waals surface area contributed by atoms with Gasteiger partial charge in [0, 0.05) is 13.1 Å². The Kier molecular flexibility index (Phi) is 44.1. The monoisotopic (exact) mass is 853 g/mol. The molecule has 0 atom stereocenters. The molecule has 10 heteroatoms. The summed E-state index contributed by atoms with van der Waals surface area (Å²) in [5, 5.41) is 0. The van der Waals surface area contributed by atoms with E-state index in [1.165, 1.54) is 128 Å². The van der Waals surface area contributed by atoms with Crippen LogP contribution in [0.1, 0.15) is 259 Å². The number of carbonyl (C=O) groups is 4. The molecule has 60 heavy (non-hydrogen) atoms. The van der Waals surface area contributed by atoms with Gasteiger partial charge in [-0.2, -0.15) is 0 Å². The fourth-order valence-electron chi connectivity index (χ4n) is 7.30. The minimum Gasteiger partial charge on any atom is -0.449 e. The summed E-state index contributed by atoms with van der Waals surface area (Å²) in [6.07, 6.45) is 36.5. The van der Waals surface area contributed by atoms with E-state index in [0.29, 0.717) is 25.7 Å². The van der Waals surface area contributed by atoms with E-state index in [-0.39, 0.29) is 39.5 Å². The van der Waals surface area contributed by atoms with Crippen molar-refractivity contribution >= 4 is 24.4 Å². The first-order valence-electron chi connectivity index (χ1n) is 25.6. The first-order valence-corrected chi connectivity index (χ1v) is 25.6. The molecule has 0 saturated carbocycles. The lowest BCUT2D eigenvalue weighted by Gasteiger charge is -2.21. The molecule has 0 radical (unpaired) electrons. The lowest BCUT2D eigenvalue weighted by molar-refractivity contribution is 0.0715. The number of imide groups is 2. The number of hydrogen-bond acceptors (Lipinski definition) is 8. The van der Waals surface area contributed by atoms with E-state index in [9.17, 15) is 19.2 Å². The predicted molar refractivity (Wildman–Crippen MR) is 248 cm³/mol. The second-order valence-corrected chi connectivity index (χ2v) is 17.1. The van der Waals surface area contributed by atoms with Crippen LogP contribution in [0.15, 0.2) is 0 Å². The van der Waals surface area contributed by atoms with Gasteiger partial charge in [-0.3, -0.25) is 0 Å². The van der Waals surface area contributed by atoms with Crippen LogP contribution in [0.5, 0.6) is 0 Å². The van der Waals surface area contributed by atoms with E-state index in [1.54, 1.807) is 0 Å². The van der Waals surface area contributed by atoms with Crippen LogP contribution in [0.3, 0.4) is 0 Å². The zero-order chi connectivity index (χ0) is 44.0. The Labute approximate surface area is 369 Å². The van der Waals surface area contributed by atoms with Crippen LogP contribution in [0.2, 0.25) is 0 Å². The van der Waals surface area contributed by atoms with Gasteiger partial charge in [-0.15, -0.1) is 0 Å². The fraction of sp³-hybridized carbons (Fsp3) is 0.920. The highest BCUT2D eigenvalue weighted by Crippen LogP contribution is 2.14. The number of carbonyl (C=O) groups excluding carboxylic acids is 4. The minimum atomic E-state index is -0.650. The van der Waals surface area contributed by atoms with E-state index in [0.717, 1.165) is 86.8 Å². The summed E-state index contributed by atoms with van der Waals surface area (Å²) in [6, 6.07) is 0. The van der Waals surface area contributed by atoms with Gasteiger partial charge in [0.05, 0.1) is 26.4 Å². The number of rotatable bonds is 43. The summed E-state index contributed by atoms with van der Waals surface area (Å²) >= 11 is 0. The van der Waals surface area contributed by atoms with Crippen molar-refractivity contribution in [3.05, 3.63) is 0 Å². The second-order valence-electron chi connectivity index (χ2n) is 17.1. The second kappa shape index (κ2) is 46.0. The van der Waals surface area contributed by atoms with E-state index in [1.807, 2.05) is 0 Å². The molecule has 0 spiro atoms. The zero-order valence-electron chi connectivity index (χ0n) is 39.9. The molecule has 0 heterocycles. The molecule has 4 amide bonds. The molecule has 0 aliphatic rings. The van der Waals surface area contributed by atoms with Crippen molar-refractivity contribution in [2.24, 2.45) is 0 Å². The van der Waals surface area contributed by atoms with Crippen molar-refractivity contribution in [2.75, 3.05) is 39.5 Å². The van der Waals surface area contributed by atoms with Crippen LogP contribution < -0.4 is 0 Å². The zero-order valence-corrected chi connectivity index (χ0v) is 39.9. The minimum absolute atomic E-state index is 0.192. The average Bonchev–Trinajstić information content (AvgIpc) is 3.24. The molecule has 0 aromatic carbocycles. The maximum Gasteiger partial charge on any atom is 0.419 e. The number of amides is 4. The molecule has 0 aliphatic heterocycles. The first kappa shape index (κ1) is 57.5. The number of nitrogens with zero attached hydrogens (tertiary/aromatic N) is 2. The van der Waals surface area contributed by atoms with Crippen LogP contribution in [0.25, 0.3) is 0 Å². The highest BCUT2D eigenvalue weighted by atomic mass is 16.6. The van der Waals surface area contributed by atoms with Gasteiger partial charge < -0.3 is 18.9 Å². The SMILES string of the molecule is CCCCCCCCCCOC(=O)N(CCCCCCN(C(=O)OCCCCCCCCCC)C(=O)OCCCCCCCCCC)C(=O)OCCCCCCCCCC. The van der Waals surface area contributed by atoms with E-state index in [2.05, 4.69) is 27.7 Å². The fourth-order valence-corrected chi connectivity index (χ4v) is 7.30. The van der Waals surface area contributed by atoms with Crippen molar-refractivity contribution in [3.8, 4) is 0 Å². The Morgan fingerprint density at radius 1 is 0.250 bits per heavy atom. The largest absolute Gasteiger partial charge is 0.449 e. The quantitative estimate of drug-likeness (QED) is 0.0440. The molecule has 354 valence electrons. The summed E-state index contributed by atoms with van der Waals surface area (Å²) < 4.78 is 22.2. The lowest BCUT2D eigenvalue weighted by atomic mass is 10.1. The van der Waals surface area contributed by atoms with Crippen molar-refractivity contribution in [2.45, 2.75) is 259 Å². The van der Waals surface area contributed by atoms with Gasteiger partial charge in [-0.05, 0) is 38.5 Å². The van der Waals surface area contributed by atoms with Crippen molar-refractivity contribution in [3.63, 3.8) is 0 Å². The summed E-state index contributed by atoms with van der Waals surface area (Å²) in [4.78, 5) is 54.6. The maximum absolute atomic E-state index is 13.1. The summed E-state index contributed by atoms with van der Waals surface area (Å²) in [5.74, 6) is 0. The van der Waals surface area contributed by atoms with Crippen molar-refractivity contribution in [1.29, 1.82) is 0 Å². The topological polar surface area (TPSA) is 112 Å². The first-order chi connectivity index (χ1) is 29.4. The third-order valence-corrected chi connectivity index (χ3v) is 11.3. The Bertz CT molecular complexity index is 836. The average molecular weight is 853 g/mol. The maximum atomic E-state index is 13.1. The van der Waals surface area contributed by atoms with Gasteiger partial charge in [-0.25, -0.2) is 29.0 Å². The van der Waals surface area contributed by atoms with Gasteiger partial charge in [0.2, 0.25) is 0 Å². The molecule has 0 saturated heterocycles. The Morgan fingerprint density at radius 2 is 0.417 bits per heavy atom. The van der Waals surface area contributed by atoms with E-state index < -0.39 is 24.4 Å². The van der Waals surface area contributed by atoms with Gasteiger partial charge in [-0.1, -0.05) is 220 Å². The van der Waals surface area contributed by atoms with Crippen LogP contribution in [-0.2, 0) is 18.9 Å². The van der Waals surface area contributed by atoms with Crippen LogP contribution >= 0.6 is 0 Å². The molecular formula is C50H96N2O8. The smallest absolute Gasteiger partial charge is 0.419 e. The molecular weight excluding hydrogens is 757 g/mol. The molecule has 0 N–H and O–H groups in total. The summed E-state index contributed by atoms with van der Waals surface area (Å²) in [5.41, 5.74) is 0. The van der Waals surface area contributed by atoms with Crippen LogP contribution in [0, 0.1) is 0 Å².